The SMILES string of the molecule is CC[C@H]1CCCCN1CCCNC(=O)Cc1cccc(Cl)c1. The van der Waals surface area contributed by atoms with Crippen LogP contribution in [-0.4, -0.2) is 36.5 Å². The van der Waals surface area contributed by atoms with Gasteiger partial charge in [-0.05, 0) is 49.9 Å². The van der Waals surface area contributed by atoms with E-state index in [0.29, 0.717) is 11.4 Å². The topological polar surface area (TPSA) is 32.3 Å². The normalized spacial score (nSPS) is 19.1. The van der Waals surface area contributed by atoms with E-state index in [2.05, 4.69) is 17.1 Å². The van der Waals surface area contributed by atoms with Crippen LogP contribution >= 0.6 is 11.6 Å². The lowest BCUT2D eigenvalue weighted by Crippen LogP contribution is -2.40. The van der Waals surface area contributed by atoms with E-state index in [9.17, 15) is 4.79 Å². The molecule has 4 heteroatoms. The number of amides is 1. The van der Waals surface area contributed by atoms with Gasteiger partial charge in [0.25, 0.3) is 0 Å². The average Bonchev–Trinajstić information content (AvgIpc) is 2.52. The summed E-state index contributed by atoms with van der Waals surface area (Å²) < 4.78 is 0. The van der Waals surface area contributed by atoms with Crippen LogP contribution in [0.2, 0.25) is 5.02 Å². The van der Waals surface area contributed by atoms with Crippen LogP contribution in [0.3, 0.4) is 0 Å². The van der Waals surface area contributed by atoms with E-state index in [1.54, 1.807) is 0 Å². The molecule has 122 valence electrons. The van der Waals surface area contributed by atoms with E-state index in [4.69, 9.17) is 11.6 Å². The Hall–Kier alpha value is -1.06. The van der Waals surface area contributed by atoms with Crippen LogP contribution < -0.4 is 5.32 Å². The number of piperidine rings is 1. The molecule has 1 aliphatic rings. The molecule has 1 atom stereocenters. The molecule has 0 radical (unpaired) electrons. The Labute approximate surface area is 139 Å². The van der Waals surface area contributed by atoms with Crippen molar-refractivity contribution in [2.24, 2.45) is 0 Å². The third-order valence-electron chi connectivity index (χ3n) is 4.42. The largest absolute Gasteiger partial charge is 0.356 e. The highest BCUT2D eigenvalue weighted by Gasteiger charge is 2.19. The third-order valence-corrected chi connectivity index (χ3v) is 4.65. The minimum atomic E-state index is 0.0768. The molecule has 0 spiro atoms. The Bertz CT molecular complexity index is 478. The number of nitrogens with one attached hydrogen (secondary N) is 1. The molecular formula is C18H27ClN2O. The van der Waals surface area contributed by atoms with Gasteiger partial charge in [0.1, 0.15) is 0 Å². The summed E-state index contributed by atoms with van der Waals surface area (Å²) in [5, 5.41) is 3.70. The highest BCUT2D eigenvalue weighted by atomic mass is 35.5. The van der Waals surface area contributed by atoms with Gasteiger partial charge in [-0.25, -0.2) is 0 Å². The van der Waals surface area contributed by atoms with Gasteiger partial charge in [-0.2, -0.15) is 0 Å². The van der Waals surface area contributed by atoms with Gasteiger partial charge in [-0.15, -0.1) is 0 Å². The van der Waals surface area contributed by atoms with Crippen molar-refractivity contribution in [3.8, 4) is 0 Å². The number of carbonyl (C=O) groups is 1. The molecule has 0 aliphatic carbocycles. The van der Waals surface area contributed by atoms with Crippen LogP contribution in [0.25, 0.3) is 0 Å². The average molecular weight is 323 g/mol. The van der Waals surface area contributed by atoms with Gasteiger partial charge in [0, 0.05) is 24.2 Å². The molecule has 1 aromatic rings. The van der Waals surface area contributed by atoms with E-state index in [1.165, 1.54) is 32.2 Å². The van der Waals surface area contributed by atoms with Crippen LogP contribution in [0.1, 0.15) is 44.6 Å². The molecule has 1 aliphatic heterocycles. The number of hydrogen-bond donors (Lipinski definition) is 1. The lowest BCUT2D eigenvalue weighted by Gasteiger charge is -2.35. The van der Waals surface area contributed by atoms with E-state index in [0.717, 1.165) is 31.1 Å². The van der Waals surface area contributed by atoms with E-state index in [1.807, 2.05) is 24.3 Å². The first kappa shape index (κ1) is 17.3. The summed E-state index contributed by atoms with van der Waals surface area (Å²) >= 11 is 5.93. The number of carbonyl (C=O) groups excluding carboxylic acids is 1. The first-order chi connectivity index (χ1) is 10.7. The first-order valence-electron chi connectivity index (χ1n) is 8.44. The molecule has 1 aromatic carbocycles. The maximum atomic E-state index is 11.9. The minimum Gasteiger partial charge on any atom is -0.356 e. The molecule has 1 fully saturated rings. The summed E-state index contributed by atoms with van der Waals surface area (Å²) in [6.45, 7) is 5.34. The maximum absolute atomic E-state index is 11.9. The summed E-state index contributed by atoms with van der Waals surface area (Å²) in [5.74, 6) is 0.0768. The quantitative estimate of drug-likeness (QED) is 0.777. The number of benzene rings is 1. The fourth-order valence-corrected chi connectivity index (χ4v) is 3.43. The lowest BCUT2D eigenvalue weighted by molar-refractivity contribution is -0.120. The smallest absolute Gasteiger partial charge is 0.224 e. The minimum absolute atomic E-state index is 0.0768. The van der Waals surface area contributed by atoms with Crippen LogP contribution in [0, 0.1) is 0 Å². The second-order valence-electron chi connectivity index (χ2n) is 6.10. The molecule has 1 heterocycles. The second kappa shape index (κ2) is 9.16. The highest BCUT2D eigenvalue weighted by molar-refractivity contribution is 6.30. The van der Waals surface area contributed by atoms with Gasteiger partial charge in [0.05, 0.1) is 6.42 Å². The standard InChI is InChI=1S/C18H27ClN2O/c1-2-17-9-3-4-11-21(17)12-6-10-20-18(22)14-15-7-5-8-16(19)13-15/h5,7-8,13,17H,2-4,6,9-12,14H2,1H3,(H,20,22)/t17-/m0/s1. The first-order valence-corrected chi connectivity index (χ1v) is 8.82. The van der Waals surface area contributed by atoms with Crippen LogP contribution in [-0.2, 0) is 11.2 Å². The molecule has 3 nitrogen and oxygen atoms in total. The Morgan fingerprint density at radius 3 is 3.05 bits per heavy atom. The second-order valence-corrected chi connectivity index (χ2v) is 6.54. The maximum Gasteiger partial charge on any atom is 0.224 e. The molecule has 1 saturated heterocycles. The molecule has 0 saturated carbocycles. The summed E-state index contributed by atoms with van der Waals surface area (Å²) in [6.07, 6.45) is 6.68. The van der Waals surface area contributed by atoms with E-state index in [-0.39, 0.29) is 5.91 Å². The summed E-state index contributed by atoms with van der Waals surface area (Å²) in [7, 11) is 0. The van der Waals surface area contributed by atoms with Gasteiger partial charge < -0.3 is 10.2 Å². The number of nitrogens with zero attached hydrogens (tertiary/aromatic N) is 1. The molecule has 0 unspecified atom stereocenters. The predicted molar refractivity (Wildman–Crippen MR) is 92.3 cm³/mol. The zero-order chi connectivity index (χ0) is 15.8. The molecule has 22 heavy (non-hydrogen) atoms. The number of halogens is 1. The summed E-state index contributed by atoms with van der Waals surface area (Å²) in [4.78, 5) is 14.5. The Morgan fingerprint density at radius 1 is 1.41 bits per heavy atom. The van der Waals surface area contributed by atoms with Crippen LogP contribution in [0.5, 0.6) is 0 Å². The van der Waals surface area contributed by atoms with Crippen molar-refractivity contribution in [1.82, 2.24) is 10.2 Å². The Balaban J connectivity index is 1.64. The zero-order valence-electron chi connectivity index (χ0n) is 13.5. The van der Waals surface area contributed by atoms with Gasteiger partial charge in [-0.3, -0.25) is 4.79 Å². The van der Waals surface area contributed by atoms with E-state index >= 15 is 0 Å². The van der Waals surface area contributed by atoms with E-state index < -0.39 is 0 Å². The summed E-state index contributed by atoms with van der Waals surface area (Å²) in [6, 6.07) is 8.24. The number of hydrogen-bond acceptors (Lipinski definition) is 2. The van der Waals surface area contributed by atoms with Crippen molar-refractivity contribution < 1.29 is 4.79 Å². The van der Waals surface area contributed by atoms with Crippen molar-refractivity contribution in [2.45, 2.75) is 51.5 Å². The third kappa shape index (κ3) is 5.62. The molecule has 1 N–H and O–H groups in total. The van der Waals surface area contributed by atoms with Gasteiger partial charge in [0.15, 0.2) is 0 Å². The number of rotatable bonds is 7. The Kier molecular flexibility index (Phi) is 7.20. The van der Waals surface area contributed by atoms with Crippen molar-refractivity contribution in [1.29, 1.82) is 0 Å². The van der Waals surface area contributed by atoms with Crippen molar-refractivity contribution >= 4 is 17.5 Å². The zero-order valence-corrected chi connectivity index (χ0v) is 14.2. The molecule has 0 bridgehead atoms. The van der Waals surface area contributed by atoms with Crippen LogP contribution in [0.15, 0.2) is 24.3 Å². The van der Waals surface area contributed by atoms with Gasteiger partial charge in [0.2, 0.25) is 5.91 Å². The fourth-order valence-electron chi connectivity index (χ4n) is 3.22. The monoisotopic (exact) mass is 322 g/mol. The molecule has 2 rings (SSSR count). The van der Waals surface area contributed by atoms with Crippen molar-refractivity contribution in [2.75, 3.05) is 19.6 Å². The lowest BCUT2D eigenvalue weighted by atomic mass is 10.00. The van der Waals surface area contributed by atoms with Crippen molar-refractivity contribution in [3.63, 3.8) is 0 Å². The fraction of sp³-hybridized carbons (Fsp3) is 0.611. The summed E-state index contributed by atoms with van der Waals surface area (Å²) in [5.41, 5.74) is 0.965. The van der Waals surface area contributed by atoms with Crippen LogP contribution in [0.4, 0.5) is 0 Å². The number of likely N-dealkylation sites (tertiary alicyclic amines) is 1. The van der Waals surface area contributed by atoms with Gasteiger partial charge in [-0.1, -0.05) is 37.1 Å². The van der Waals surface area contributed by atoms with Gasteiger partial charge >= 0.3 is 0 Å². The van der Waals surface area contributed by atoms with Crippen molar-refractivity contribution in [3.05, 3.63) is 34.9 Å². The molecule has 0 aromatic heterocycles. The molecule has 1 amide bonds. The highest BCUT2D eigenvalue weighted by Crippen LogP contribution is 2.19. The molecular weight excluding hydrogens is 296 g/mol. The Morgan fingerprint density at radius 2 is 2.27 bits per heavy atom. The predicted octanol–water partition coefficient (Wildman–Crippen LogP) is 3.65.